The number of hydrogen-bond acceptors (Lipinski definition) is 5. The quantitative estimate of drug-likeness (QED) is 0.845. The third kappa shape index (κ3) is 2.96. The first kappa shape index (κ1) is 13.2. The molecule has 0 radical (unpaired) electrons. The summed E-state index contributed by atoms with van der Waals surface area (Å²) in [7, 11) is -3.68. The smallest absolute Gasteiger partial charge is 0.273 e. The molecule has 5 nitrogen and oxygen atoms in total. The first-order valence-electron chi connectivity index (χ1n) is 4.91. The van der Waals surface area contributed by atoms with Crippen LogP contribution in [0.3, 0.4) is 0 Å². The van der Waals surface area contributed by atoms with Gasteiger partial charge in [-0.2, -0.15) is 0 Å². The van der Waals surface area contributed by atoms with E-state index in [1.807, 2.05) is 6.92 Å². The topological polar surface area (TPSA) is 75.3 Å². The van der Waals surface area contributed by atoms with Crippen LogP contribution in [-0.2, 0) is 10.0 Å². The van der Waals surface area contributed by atoms with E-state index < -0.39 is 15.9 Å². The Morgan fingerprint density at radius 3 is 2.61 bits per heavy atom. The Morgan fingerprint density at radius 1 is 1.28 bits per heavy atom. The minimum Gasteiger partial charge on any atom is -0.273 e. The summed E-state index contributed by atoms with van der Waals surface area (Å²) in [6.07, 6.45) is 0. The van der Waals surface area contributed by atoms with E-state index >= 15 is 0 Å². The van der Waals surface area contributed by atoms with Crippen LogP contribution in [0.4, 0.5) is 0 Å². The van der Waals surface area contributed by atoms with Gasteiger partial charge >= 0.3 is 0 Å². The fraction of sp³-hybridized carbons (Fsp3) is 0.100. The van der Waals surface area contributed by atoms with Gasteiger partial charge < -0.3 is 0 Å². The van der Waals surface area contributed by atoms with Gasteiger partial charge in [-0.15, -0.1) is 27.5 Å². The minimum atomic E-state index is -3.68. The van der Waals surface area contributed by atoms with E-state index in [4.69, 9.17) is 0 Å². The molecule has 96 valence electrons. The van der Waals surface area contributed by atoms with Gasteiger partial charge in [0.2, 0.25) is 0 Å². The molecule has 0 saturated heterocycles. The van der Waals surface area contributed by atoms with Crippen LogP contribution >= 0.6 is 22.7 Å². The van der Waals surface area contributed by atoms with Crippen molar-refractivity contribution >= 4 is 38.6 Å². The van der Waals surface area contributed by atoms with Crippen LogP contribution in [-0.4, -0.2) is 14.3 Å². The zero-order valence-electron chi connectivity index (χ0n) is 9.34. The van der Waals surface area contributed by atoms with Gasteiger partial charge in [-0.25, -0.2) is 8.42 Å². The number of hydrazine groups is 1. The van der Waals surface area contributed by atoms with E-state index in [2.05, 4.69) is 10.3 Å². The molecule has 0 aliphatic carbocycles. The summed E-state index contributed by atoms with van der Waals surface area (Å²) in [5.41, 5.74) is 2.17. The van der Waals surface area contributed by atoms with Gasteiger partial charge in [-0.1, -0.05) is 6.07 Å². The number of aryl methyl sites for hydroxylation is 1. The van der Waals surface area contributed by atoms with Crippen LogP contribution in [0.5, 0.6) is 0 Å². The standard InChI is InChI=1S/C10H10N2O3S3/c1-7-4-5-9(17-7)18(14,15)12-11-10(13)8-3-2-6-16-8/h2-6,12H,1H3,(H,11,13). The molecule has 0 unspecified atom stereocenters. The zero-order chi connectivity index (χ0) is 13.2. The Morgan fingerprint density at radius 2 is 2.06 bits per heavy atom. The maximum absolute atomic E-state index is 11.8. The Labute approximate surface area is 112 Å². The summed E-state index contributed by atoms with van der Waals surface area (Å²) in [5, 5.41) is 1.74. The maximum atomic E-state index is 11.8. The molecule has 18 heavy (non-hydrogen) atoms. The van der Waals surface area contributed by atoms with Crippen molar-refractivity contribution < 1.29 is 13.2 Å². The van der Waals surface area contributed by atoms with Crippen molar-refractivity contribution in [1.29, 1.82) is 0 Å². The molecule has 0 bridgehead atoms. The van der Waals surface area contributed by atoms with Gasteiger partial charge in [0, 0.05) is 4.88 Å². The maximum Gasteiger partial charge on any atom is 0.276 e. The number of carbonyl (C=O) groups is 1. The van der Waals surface area contributed by atoms with Gasteiger partial charge in [0.05, 0.1) is 4.88 Å². The predicted molar refractivity (Wildman–Crippen MR) is 71.2 cm³/mol. The van der Waals surface area contributed by atoms with Crippen LogP contribution in [0.2, 0.25) is 0 Å². The highest BCUT2D eigenvalue weighted by atomic mass is 32.2. The second-order valence-corrected chi connectivity index (χ2v) is 7.55. The van der Waals surface area contributed by atoms with Crippen molar-refractivity contribution in [2.45, 2.75) is 11.1 Å². The van der Waals surface area contributed by atoms with E-state index in [9.17, 15) is 13.2 Å². The van der Waals surface area contributed by atoms with Crippen LogP contribution in [0.25, 0.3) is 0 Å². The van der Waals surface area contributed by atoms with E-state index in [1.165, 1.54) is 17.4 Å². The molecule has 0 fully saturated rings. The third-order valence-corrected chi connectivity index (χ3v) is 5.63. The molecule has 2 N–H and O–H groups in total. The highest BCUT2D eigenvalue weighted by molar-refractivity contribution is 7.91. The number of amides is 1. The Hall–Kier alpha value is -1.22. The molecule has 8 heteroatoms. The average molecular weight is 302 g/mol. The lowest BCUT2D eigenvalue weighted by Gasteiger charge is -2.05. The summed E-state index contributed by atoms with van der Waals surface area (Å²) in [6, 6.07) is 6.54. The zero-order valence-corrected chi connectivity index (χ0v) is 11.8. The van der Waals surface area contributed by atoms with Crippen molar-refractivity contribution in [1.82, 2.24) is 10.3 Å². The monoisotopic (exact) mass is 302 g/mol. The van der Waals surface area contributed by atoms with Crippen LogP contribution in [0.1, 0.15) is 14.5 Å². The largest absolute Gasteiger partial charge is 0.276 e. The lowest BCUT2D eigenvalue weighted by Crippen LogP contribution is -2.40. The number of carbonyl (C=O) groups excluding carboxylic acids is 1. The van der Waals surface area contributed by atoms with Crippen LogP contribution in [0, 0.1) is 6.92 Å². The van der Waals surface area contributed by atoms with Crippen LogP contribution in [0.15, 0.2) is 33.9 Å². The number of rotatable bonds is 4. The Kier molecular flexibility index (Phi) is 3.81. The molecule has 0 aliphatic rings. The van der Waals surface area contributed by atoms with Crippen molar-refractivity contribution in [2.24, 2.45) is 0 Å². The minimum absolute atomic E-state index is 0.173. The van der Waals surface area contributed by atoms with Gasteiger partial charge in [-0.05, 0) is 30.5 Å². The van der Waals surface area contributed by atoms with E-state index in [1.54, 1.807) is 23.6 Å². The Bertz CT molecular complexity index is 644. The van der Waals surface area contributed by atoms with E-state index in [-0.39, 0.29) is 4.21 Å². The molecule has 2 rings (SSSR count). The fourth-order valence-corrected chi connectivity index (χ4v) is 3.93. The number of thiophene rings is 2. The Balaban J connectivity index is 2.04. The molecule has 2 heterocycles. The molecule has 0 saturated carbocycles. The lowest BCUT2D eigenvalue weighted by molar-refractivity contribution is 0.0949. The molecule has 0 aromatic carbocycles. The normalized spacial score (nSPS) is 11.4. The van der Waals surface area contributed by atoms with E-state index in [0.717, 1.165) is 16.2 Å². The van der Waals surface area contributed by atoms with Gasteiger partial charge in [0.25, 0.3) is 15.9 Å². The molecule has 2 aromatic heterocycles. The highest BCUT2D eigenvalue weighted by Crippen LogP contribution is 2.19. The van der Waals surface area contributed by atoms with Gasteiger partial charge in [0.15, 0.2) is 0 Å². The van der Waals surface area contributed by atoms with Gasteiger partial charge in [-0.3, -0.25) is 10.2 Å². The summed E-state index contributed by atoms with van der Waals surface area (Å²) >= 11 is 2.38. The second kappa shape index (κ2) is 5.19. The summed E-state index contributed by atoms with van der Waals surface area (Å²) in [4.78, 5) is 15.0. The fourth-order valence-electron chi connectivity index (χ4n) is 1.19. The molecular formula is C10H10N2O3S3. The molecule has 0 aliphatic heterocycles. The number of hydrogen-bond donors (Lipinski definition) is 2. The van der Waals surface area contributed by atoms with E-state index in [0.29, 0.717) is 4.88 Å². The lowest BCUT2D eigenvalue weighted by atomic mass is 10.5. The molecule has 0 atom stereocenters. The van der Waals surface area contributed by atoms with Crippen molar-refractivity contribution in [3.05, 3.63) is 39.4 Å². The predicted octanol–water partition coefficient (Wildman–Crippen LogP) is 1.74. The second-order valence-electron chi connectivity index (χ2n) is 3.40. The first-order chi connectivity index (χ1) is 8.49. The SMILES string of the molecule is Cc1ccc(S(=O)(=O)NNC(=O)c2cccs2)s1. The average Bonchev–Trinajstić information content (AvgIpc) is 2.96. The van der Waals surface area contributed by atoms with Crippen LogP contribution < -0.4 is 10.3 Å². The first-order valence-corrected chi connectivity index (χ1v) is 8.09. The molecule has 2 aromatic rings. The summed E-state index contributed by atoms with van der Waals surface area (Å²) in [5.74, 6) is -0.471. The third-order valence-electron chi connectivity index (χ3n) is 2.02. The van der Waals surface area contributed by atoms with Gasteiger partial charge in [0.1, 0.15) is 4.21 Å². The number of nitrogens with one attached hydrogen (secondary N) is 2. The van der Waals surface area contributed by atoms with Crippen molar-refractivity contribution in [3.63, 3.8) is 0 Å². The molecule has 1 amide bonds. The number of sulfonamides is 1. The van der Waals surface area contributed by atoms with Crippen molar-refractivity contribution in [2.75, 3.05) is 0 Å². The highest BCUT2D eigenvalue weighted by Gasteiger charge is 2.17. The van der Waals surface area contributed by atoms with Crippen molar-refractivity contribution in [3.8, 4) is 0 Å². The molecular weight excluding hydrogens is 292 g/mol. The summed E-state index contributed by atoms with van der Waals surface area (Å²) in [6.45, 7) is 1.81. The molecule has 0 spiro atoms. The summed E-state index contributed by atoms with van der Waals surface area (Å²) < 4.78 is 23.8.